The summed E-state index contributed by atoms with van der Waals surface area (Å²) in [6, 6.07) is 5.18. The molecule has 1 heterocycles. The van der Waals surface area contributed by atoms with Gasteiger partial charge in [-0.25, -0.2) is 0 Å². The van der Waals surface area contributed by atoms with Crippen molar-refractivity contribution in [3.05, 3.63) is 23.8 Å². The van der Waals surface area contributed by atoms with Crippen LogP contribution >= 0.6 is 0 Å². The highest BCUT2D eigenvalue weighted by molar-refractivity contribution is 5.95. The Morgan fingerprint density at radius 3 is 2.26 bits per heavy atom. The van der Waals surface area contributed by atoms with Crippen molar-refractivity contribution < 1.29 is 19.1 Å². The predicted octanol–water partition coefficient (Wildman–Crippen LogP) is 2.48. The number of methoxy groups -OCH3 is 2. The molecule has 0 aromatic heterocycles. The number of ether oxygens (including phenoxy) is 2. The van der Waals surface area contributed by atoms with Gasteiger partial charge in [-0.05, 0) is 50.0 Å². The van der Waals surface area contributed by atoms with Crippen LogP contribution in [0.2, 0.25) is 0 Å². The Morgan fingerprint density at radius 1 is 1.03 bits per heavy atom. The molecule has 1 saturated heterocycles. The van der Waals surface area contributed by atoms with Crippen LogP contribution in [-0.2, 0) is 4.79 Å². The van der Waals surface area contributed by atoms with Crippen molar-refractivity contribution in [3.63, 3.8) is 0 Å². The molecule has 1 aromatic carbocycles. The van der Waals surface area contributed by atoms with E-state index in [-0.39, 0.29) is 17.9 Å². The maximum Gasteiger partial charge on any atom is 0.254 e. The number of likely N-dealkylation sites (N-methyl/N-ethyl adjacent to an activating group) is 1. The van der Waals surface area contributed by atoms with E-state index >= 15 is 0 Å². The molecule has 190 valence electrons. The lowest BCUT2D eigenvalue weighted by Gasteiger charge is -2.41. The topological polar surface area (TPSA) is 74.4 Å². The van der Waals surface area contributed by atoms with Crippen LogP contribution in [0.3, 0.4) is 0 Å². The number of hydrogen-bond donors (Lipinski definition) is 1. The van der Waals surface area contributed by atoms with Crippen molar-refractivity contribution in [3.8, 4) is 11.5 Å². The summed E-state index contributed by atoms with van der Waals surface area (Å²) in [6.07, 6.45) is 4.62. The Kier molecular flexibility index (Phi) is 10.0. The Balaban J connectivity index is 1.60. The average molecular weight is 475 g/mol. The minimum absolute atomic E-state index is 0.0123. The molecule has 34 heavy (non-hydrogen) atoms. The Bertz CT molecular complexity index is 800. The van der Waals surface area contributed by atoms with E-state index in [1.54, 1.807) is 32.4 Å². The van der Waals surface area contributed by atoms with Crippen LogP contribution in [-0.4, -0.2) is 99.1 Å². The van der Waals surface area contributed by atoms with Crippen molar-refractivity contribution in [1.29, 1.82) is 0 Å². The Hall–Kier alpha value is -2.32. The SMILES string of the molecule is CCN(CC)CCNC(=O)C(C1CCCC1)N1CCN(C(=O)c2ccc(OC)c(OC)c2)CC1. The van der Waals surface area contributed by atoms with Crippen LogP contribution in [0.1, 0.15) is 49.9 Å². The van der Waals surface area contributed by atoms with E-state index in [1.165, 1.54) is 12.8 Å². The minimum Gasteiger partial charge on any atom is -0.493 e. The molecule has 2 fully saturated rings. The van der Waals surface area contributed by atoms with Gasteiger partial charge in [0.1, 0.15) is 0 Å². The maximum atomic E-state index is 13.3. The van der Waals surface area contributed by atoms with E-state index in [9.17, 15) is 9.59 Å². The van der Waals surface area contributed by atoms with Gasteiger partial charge in [0, 0.05) is 44.8 Å². The summed E-state index contributed by atoms with van der Waals surface area (Å²) in [7, 11) is 3.15. The van der Waals surface area contributed by atoms with Gasteiger partial charge in [0.15, 0.2) is 11.5 Å². The molecule has 1 atom stereocenters. The monoisotopic (exact) mass is 474 g/mol. The number of carbonyl (C=O) groups is 2. The van der Waals surface area contributed by atoms with E-state index in [0.717, 1.165) is 32.5 Å². The number of nitrogens with zero attached hydrogens (tertiary/aromatic N) is 3. The third kappa shape index (κ3) is 6.42. The fourth-order valence-electron chi connectivity index (χ4n) is 5.29. The minimum atomic E-state index is -0.0995. The molecular formula is C26H42N4O4. The molecule has 0 bridgehead atoms. The van der Waals surface area contributed by atoms with Gasteiger partial charge in [-0.2, -0.15) is 0 Å². The molecule has 3 rings (SSSR count). The number of nitrogens with one attached hydrogen (secondary N) is 1. The summed E-state index contributed by atoms with van der Waals surface area (Å²) in [6.45, 7) is 10.5. The first-order valence-electron chi connectivity index (χ1n) is 12.8. The van der Waals surface area contributed by atoms with Crippen molar-refractivity contribution >= 4 is 11.8 Å². The summed E-state index contributed by atoms with van der Waals surface area (Å²) in [5.74, 6) is 1.70. The van der Waals surface area contributed by atoms with Gasteiger partial charge < -0.3 is 24.6 Å². The first kappa shape index (κ1) is 26.3. The van der Waals surface area contributed by atoms with Gasteiger partial charge in [0.25, 0.3) is 5.91 Å². The lowest BCUT2D eigenvalue weighted by Crippen LogP contribution is -2.58. The fourth-order valence-corrected chi connectivity index (χ4v) is 5.29. The molecule has 0 radical (unpaired) electrons. The first-order chi connectivity index (χ1) is 16.5. The van der Waals surface area contributed by atoms with Gasteiger partial charge in [-0.15, -0.1) is 0 Å². The van der Waals surface area contributed by atoms with Crippen LogP contribution in [0, 0.1) is 5.92 Å². The van der Waals surface area contributed by atoms with Crippen molar-refractivity contribution in [2.75, 3.05) is 66.6 Å². The van der Waals surface area contributed by atoms with E-state index in [1.807, 2.05) is 4.90 Å². The highest BCUT2D eigenvalue weighted by Gasteiger charge is 2.37. The van der Waals surface area contributed by atoms with E-state index in [4.69, 9.17) is 9.47 Å². The summed E-state index contributed by atoms with van der Waals surface area (Å²) in [4.78, 5) is 32.9. The zero-order valence-electron chi connectivity index (χ0n) is 21.3. The molecule has 1 aliphatic carbocycles. The number of rotatable bonds is 11. The molecule has 1 aromatic rings. The number of hydrogen-bond acceptors (Lipinski definition) is 6. The van der Waals surface area contributed by atoms with E-state index in [2.05, 4.69) is 29.0 Å². The molecule has 1 unspecified atom stereocenters. The zero-order valence-corrected chi connectivity index (χ0v) is 21.3. The number of piperazine rings is 1. The van der Waals surface area contributed by atoms with Crippen LogP contribution in [0.15, 0.2) is 18.2 Å². The highest BCUT2D eigenvalue weighted by Crippen LogP contribution is 2.32. The smallest absolute Gasteiger partial charge is 0.254 e. The molecule has 1 N–H and O–H groups in total. The quantitative estimate of drug-likeness (QED) is 0.531. The van der Waals surface area contributed by atoms with Gasteiger partial charge in [-0.1, -0.05) is 26.7 Å². The largest absolute Gasteiger partial charge is 0.493 e. The third-order valence-electron chi connectivity index (χ3n) is 7.36. The lowest BCUT2D eigenvalue weighted by atomic mass is 9.95. The van der Waals surface area contributed by atoms with Gasteiger partial charge in [-0.3, -0.25) is 14.5 Å². The summed E-state index contributed by atoms with van der Waals surface area (Å²) >= 11 is 0. The third-order valence-corrected chi connectivity index (χ3v) is 7.36. The van der Waals surface area contributed by atoms with Crippen molar-refractivity contribution in [2.24, 2.45) is 5.92 Å². The summed E-state index contributed by atoms with van der Waals surface area (Å²) in [5, 5.41) is 3.21. The standard InChI is InChI=1S/C26H42N4O4/c1-5-28(6-2)14-13-27-25(31)24(20-9-7-8-10-20)29-15-17-30(18-16-29)26(32)21-11-12-22(33-3)23(19-21)34-4/h11-12,19-20,24H,5-10,13-18H2,1-4H3,(H,27,31). The van der Waals surface area contributed by atoms with Gasteiger partial charge in [0.2, 0.25) is 5.91 Å². The molecular weight excluding hydrogens is 432 g/mol. The van der Waals surface area contributed by atoms with Crippen LogP contribution < -0.4 is 14.8 Å². The first-order valence-corrected chi connectivity index (χ1v) is 12.8. The van der Waals surface area contributed by atoms with E-state index < -0.39 is 0 Å². The zero-order chi connectivity index (χ0) is 24.5. The Morgan fingerprint density at radius 2 is 1.68 bits per heavy atom. The van der Waals surface area contributed by atoms with E-state index in [0.29, 0.717) is 55.7 Å². The summed E-state index contributed by atoms with van der Waals surface area (Å²) in [5.41, 5.74) is 0.590. The molecule has 0 spiro atoms. The molecule has 1 saturated carbocycles. The second-order valence-corrected chi connectivity index (χ2v) is 9.21. The summed E-state index contributed by atoms with van der Waals surface area (Å²) < 4.78 is 10.6. The number of carbonyl (C=O) groups excluding carboxylic acids is 2. The number of benzene rings is 1. The second-order valence-electron chi connectivity index (χ2n) is 9.21. The molecule has 2 amide bonds. The molecule has 8 nitrogen and oxygen atoms in total. The van der Waals surface area contributed by atoms with Crippen LogP contribution in [0.25, 0.3) is 0 Å². The van der Waals surface area contributed by atoms with Crippen LogP contribution in [0.4, 0.5) is 0 Å². The number of amides is 2. The van der Waals surface area contributed by atoms with Crippen molar-refractivity contribution in [2.45, 2.75) is 45.6 Å². The van der Waals surface area contributed by atoms with Gasteiger partial charge in [0.05, 0.1) is 20.3 Å². The molecule has 1 aliphatic heterocycles. The predicted molar refractivity (Wildman–Crippen MR) is 134 cm³/mol. The second kappa shape index (κ2) is 13.0. The highest BCUT2D eigenvalue weighted by atomic mass is 16.5. The molecule has 8 heteroatoms. The fraction of sp³-hybridized carbons (Fsp3) is 0.692. The lowest BCUT2D eigenvalue weighted by molar-refractivity contribution is -0.129. The van der Waals surface area contributed by atoms with Gasteiger partial charge >= 0.3 is 0 Å². The molecule has 2 aliphatic rings. The average Bonchev–Trinajstić information content (AvgIpc) is 3.40. The Labute approximate surface area is 204 Å². The normalized spacial score (nSPS) is 18.2. The van der Waals surface area contributed by atoms with Crippen LogP contribution in [0.5, 0.6) is 11.5 Å². The van der Waals surface area contributed by atoms with Crippen molar-refractivity contribution in [1.82, 2.24) is 20.0 Å². The maximum absolute atomic E-state index is 13.3.